The van der Waals surface area contributed by atoms with Crippen LogP contribution in [-0.4, -0.2) is 9.55 Å². The van der Waals surface area contributed by atoms with E-state index in [-0.39, 0.29) is 0 Å². The highest BCUT2D eigenvalue weighted by molar-refractivity contribution is 7.16. The first-order valence-corrected chi connectivity index (χ1v) is 7.03. The summed E-state index contributed by atoms with van der Waals surface area (Å²) in [7, 11) is 0. The average molecular weight is 290 g/mol. The number of rotatable bonds is 3. The van der Waals surface area contributed by atoms with Crippen LogP contribution in [-0.2, 0) is 6.54 Å². The molecule has 0 atom stereocenters. The Kier molecular flexibility index (Phi) is 3.27. The summed E-state index contributed by atoms with van der Waals surface area (Å²) in [5, 5.41) is 0. The van der Waals surface area contributed by atoms with E-state index in [1.807, 2.05) is 42.6 Å². The summed E-state index contributed by atoms with van der Waals surface area (Å²) in [6.07, 6.45) is 3.78. The molecule has 0 spiro atoms. The monoisotopic (exact) mass is 289 g/mol. The summed E-state index contributed by atoms with van der Waals surface area (Å²) in [5.74, 6) is 0.935. The lowest BCUT2D eigenvalue weighted by molar-refractivity contribution is 0.820. The number of hydrogen-bond donors (Lipinski definition) is 1. The molecule has 0 saturated heterocycles. The lowest BCUT2D eigenvalue weighted by atomic mass is 10.2. The Bertz CT molecular complexity index is 685. The molecule has 0 unspecified atom stereocenters. The van der Waals surface area contributed by atoms with Gasteiger partial charge in [0.25, 0.3) is 0 Å². The second kappa shape index (κ2) is 5.07. The molecule has 0 amide bonds. The molecule has 0 fully saturated rings. The van der Waals surface area contributed by atoms with Gasteiger partial charge in [0, 0.05) is 28.5 Å². The van der Waals surface area contributed by atoms with Gasteiger partial charge in [0.1, 0.15) is 5.82 Å². The highest BCUT2D eigenvalue weighted by atomic mass is 35.5. The molecule has 0 saturated carbocycles. The Morgan fingerprint density at radius 1 is 1.16 bits per heavy atom. The van der Waals surface area contributed by atoms with Crippen LogP contribution in [0.15, 0.2) is 48.8 Å². The Labute approximate surface area is 120 Å². The Morgan fingerprint density at radius 2 is 1.95 bits per heavy atom. The standard InChI is InChI=1S/C14H12ClN3S/c15-13-6-5-12(19-13)9-18-8-7-17-14(18)10-1-3-11(16)4-2-10/h1-8H,9,16H2. The number of nitrogen functional groups attached to an aromatic ring is 1. The predicted molar refractivity (Wildman–Crippen MR) is 80.5 cm³/mol. The third kappa shape index (κ3) is 2.64. The smallest absolute Gasteiger partial charge is 0.140 e. The fourth-order valence-electron chi connectivity index (χ4n) is 1.93. The first-order valence-electron chi connectivity index (χ1n) is 5.83. The van der Waals surface area contributed by atoms with Crippen LogP contribution in [0.25, 0.3) is 11.4 Å². The summed E-state index contributed by atoms with van der Waals surface area (Å²) >= 11 is 7.54. The molecule has 3 rings (SSSR count). The van der Waals surface area contributed by atoms with E-state index < -0.39 is 0 Å². The fraction of sp³-hybridized carbons (Fsp3) is 0.0714. The minimum absolute atomic E-state index is 0.756. The van der Waals surface area contributed by atoms with Crippen molar-refractivity contribution in [3.05, 3.63) is 58.0 Å². The van der Waals surface area contributed by atoms with E-state index in [0.29, 0.717) is 0 Å². The first-order chi connectivity index (χ1) is 9.22. The number of hydrogen-bond acceptors (Lipinski definition) is 3. The minimum Gasteiger partial charge on any atom is -0.399 e. The Hall–Kier alpha value is -1.78. The molecular formula is C14H12ClN3S. The van der Waals surface area contributed by atoms with Gasteiger partial charge in [-0.15, -0.1) is 11.3 Å². The number of aromatic nitrogens is 2. The van der Waals surface area contributed by atoms with E-state index in [1.54, 1.807) is 17.5 Å². The average Bonchev–Trinajstić information content (AvgIpc) is 3.00. The van der Waals surface area contributed by atoms with E-state index in [2.05, 4.69) is 9.55 Å². The SMILES string of the molecule is Nc1ccc(-c2nccn2Cc2ccc(Cl)s2)cc1. The number of nitrogens with zero attached hydrogens (tertiary/aromatic N) is 2. The van der Waals surface area contributed by atoms with E-state index in [9.17, 15) is 0 Å². The van der Waals surface area contributed by atoms with Gasteiger partial charge in [-0.2, -0.15) is 0 Å². The van der Waals surface area contributed by atoms with E-state index in [1.165, 1.54) is 4.88 Å². The maximum Gasteiger partial charge on any atom is 0.140 e. The van der Waals surface area contributed by atoms with Gasteiger partial charge >= 0.3 is 0 Å². The fourth-order valence-corrected chi connectivity index (χ4v) is 3.02. The van der Waals surface area contributed by atoms with Crippen molar-refractivity contribution in [2.24, 2.45) is 0 Å². The molecule has 0 aliphatic carbocycles. The third-order valence-corrected chi connectivity index (χ3v) is 4.06. The molecule has 0 bridgehead atoms. The lowest BCUT2D eigenvalue weighted by Gasteiger charge is -2.06. The van der Waals surface area contributed by atoms with Crippen LogP contribution in [0.2, 0.25) is 4.34 Å². The molecule has 1 aromatic carbocycles. The zero-order valence-electron chi connectivity index (χ0n) is 10.1. The minimum atomic E-state index is 0.756. The largest absolute Gasteiger partial charge is 0.399 e. The molecule has 3 aromatic rings. The molecule has 0 aliphatic rings. The van der Waals surface area contributed by atoms with Crippen LogP contribution in [0.1, 0.15) is 4.88 Å². The summed E-state index contributed by atoms with van der Waals surface area (Å²) in [4.78, 5) is 5.62. The lowest BCUT2D eigenvalue weighted by Crippen LogP contribution is -1.99. The number of thiophene rings is 1. The maximum atomic E-state index is 5.95. The summed E-state index contributed by atoms with van der Waals surface area (Å²) < 4.78 is 2.91. The number of nitrogens with two attached hydrogens (primary N) is 1. The Balaban J connectivity index is 1.92. The van der Waals surface area contributed by atoms with Crippen LogP contribution in [0, 0.1) is 0 Å². The number of benzene rings is 1. The van der Waals surface area contributed by atoms with Gasteiger partial charge in [-0.3, -0.25) is 0 Å². The predicted octanol–water partition coefficient (Wildman–Crippen LogP) is 3.90. The van der Waals surface area contributed by atoms with Crippen LogP contribution < -0.4 is 5.73 Å². The van der Waals surface area contributed by atoms with Gasteiger partial charge in [0.2, 0.25) is 0 Å². The number of anilines is 1. The highest BCUT2D eigenvalue weighted by Crippen LogP contribution is 2.25. The van der Waals surface area contributed by atoms with E-state index in [0.717, 1.165) is 28.0 Å². The molecule has 19 heavy (non-hydrogen) atoms. The van der Waals surface area contributed by atoms with Gasteiger partial charge in [0.15, 0.2) is 0 Å². The molecule has 2 aromatic heterocycles. The molecule has 2 N–H and O–H groups in total. The summed E-state index contributed by atoms with van der Waals surface area (Å²) in [6, 6.07) is 11.7. The van der Waals surface area contributed by atoms with E-state index >= 15 is 0 Å². The molecule has 96 valence electrons. The van der Waals surface area contributed by atoms with Crippen molar-refractivity contribution in [3.8, 4) is 11.4 Å². The van der Waals surface area contributed by atoms with Gasteiger partial charge in [-0.05, 0) is 36.4 Å². The third-order valence-electron chi connectivity index (χ3n) is 2.84. The first kappa shape index (κ1) is 12.3. The van der Waals surface area contributed by atoms with Crippen LogP contribution in [0.5, 0.6) is 0 Å². The van der Waals surface area contributed by atoms with Crippen LogP contribution >= 0.6 is 22.9 Å². The quantitative estimate of drug-likeness (QED) is 0.743. The normalized spacial score (nSPS) is 10.8. The topological polar surface area (TPSA) is 43.8 Å². The van der Waals surface area contributed by atoms with Crippen LogP contribution in [0.4, 0.5) is 5.69 Å². The molecule has 5 heteroatoms. The maximum absolute atomic E-state index is 5.95. The highest BCUT2D eigenvalue weighted by Gasteiger charge is 2.07. The summed E-state index contributed by atoms with van der Waals surface area (Å²) in [5.41, 5.74) is 7.52. The Morgan fingerprint density at radius 3 is 2.63 bits per heavy atom. The van der Waals surface area contributed by atoms with Crippen molar-refractivity contribution in [1.82, 2.24) is 9.55 Å². The molecular weight excluding hydrogens is 278 g/mol. The second-order valence-corrected chi connectivity index (χ2v) is 6.01. The summed E-state index contributed by atoms with van der Waals surface area (Å²) in [6.45, 7) is 0.775. The van der Waals surface area contributed by atoms with Crippen molar-refractivity contribution in [2.75, 3.05) is 5.73 Å². The zero-order chi connectivity index (χ0) is 13.2. The molecule has 3 nitrogen and oxygen atoms in total. The van der Waals surface area contributed by atoms with Crippen molar-refractivity contribution in [2.45, 2.75) is 6.54 Å². The van der Waals surface area contributed by atoms with E-state index in [4.69, 9.17) is 17.3 Å². The van der Waals surface area contributed by atoms with Crippen molar-refractivity contribution in [3.63, 3.8) is 0 Å². The zero-order valence-corrected chi connectivity index (χ0v) is 11.7. The van der Waals surface area contributed by atoms with Gasteiger partial charge in [-0.25, -0.2) is 4.98 Å². The van der Waals surface area contributed by atoms with Crippen molar-refractivity contribution >= 4 is 28.6 Å². The van der Waals surface area contributed by atoms with Gasteiger partial charge < -0.3 is 10.3 Å². The number of halogens is 1. The molecule has 0 radical (unpaired) electrons. The molecule has 0 aliphatic heterocycles. The number of imidazole rings is 1. The molecule has 2 heterocycles. The van der Waals surface area contributed by atoms with Gasteiger partial charge in [-0.1, -0.05) is 11.6 Å². The second-order valence-electron chi connectivity index (χ2n) is 4.21. The van der Waals surface area contributed by atoms with Crippen LogP contribution in [0.3, 0.4) is 0 Å². The van der Waals surface area contributed by atoms with Gasteiger partial charge in [0.05, 0.1) is 10.9 Å². The van der Waals surface area contributed by atoms with Crippen molar-refractivity contribution in [1.29, 1.82) is 0 Å². The van der Waals surface area contributed by atoms with Crippen molar-refractivity contribution < 1.29 is 0 Å².